The molecule has 2 aromatic rings. The summed E-state index contributed by atoms with van der Waals surface area (Å²) in [5.74, 6) is 0.655. The monoisotopic (exact) mass is 357 g/mol. The average molecular weight is 357 g/mol. The first kappa shape index (κ1) is 17.1. The maximum absolute atomic E-state index is 12.3. The van der Waals surface area contributed by atoms with Crippen molar-refractivity contribution < 1.29 is 14.1 Å². The summed E-state index contributed by atoms with van der Waals surface area (Å²) in [6, 6.07) is 2.06. The Kier molecular flexibility index (Phi) is 4.69. The molecule has 8 heteroatoms. The number of carbonyl (C=O) groups excluding carboxylic acids is 1. The first-order valence-electron chi connectivity index (χ1n) is 8.97. The number of likely N-dealkylation sites (tertiary alicyclic amines) is 1. The van der Waals surface area contributed by atoms with Gasteiger partial charge in [0.1, 0.15) is 11.5 Å². The summed E-state index contributed by atoms with van der Waals surface area (Å²) < 4.78 is 11.3. The van der Waals surface area contributed by atoms with Crippen LogP contribution < -0.4 is 5.32 Å². The molecule has 8 nitrogen and oxygen atoms in total. The first-order chi connectivity index (χ1) is 12.6. The van der Waals surface area contributed by atoms with Crippen molar-refractivity contribution in [3.63, 3.8) is 0 Å². The Morgan fingerprint density at radius 3 is 3.15 bits per heavy atom. The lowest BCUT2D eigenvalue weighted by atomic mass is 9.89. The molecule has 2 saturated heterocycles. The predicted molar refractivity (Wildman–Crippen MR) is 92.3 cm³/mol. The van der Waals surface area contributed by atoms with Crippen molar-refractivity contribution >= 4 is 5.91 Å². The van der Waals surface area contributed by atoms with Gasteiger partial charge in [0, 0.05) is 50.7 Å². The standard InChI is InChI=1S/C18H23N5O3/c1-13-8-15(22-26-13)11-23-6-3-18(12-23)9-14(2-7-25-18)21-17(24)16-10-19-4-5-20-16/h4-5,8,10,14H,2-3,6-7,9,11-12H2,1H3,(H,21,24)/t14-,18-/m0/s1. The number of hydrogen-bond donors (Lipinski definition) is 1. The molecule has 0 saturated carbocycles. The molecule has 1 amide bonds. The molecular weight excluding hydrogens is 334 g/mol. The van der Waals surface area contributed by atoms with Gasteiger partial charge in [-0.2, -0.15) is 0 Å². The molecule has 2 aliphatic rings. The highest BCUT2D eigenvalue weighted by Crippen LogP contribution is 2.35. The molecule has 138 valence electrons. The van der Waals surface area contributed by atoms with E-state index >= 15 is 0 Å². The highest BCUT2D eigenvalue weighted by molar-refractivity contribution is 5.92. The van der Waals surface area contributed by atoms with Crippen LogP contribution in [0.2, 0.25) is 0 Å². The van der Waals surface area contributed by atoms with Crippen molar-refractivity contribution in [2.45, 2.75) is 44.4 Å². The number of carbonyl (C=O) groups is 1. The molecule has 2 fully saturated rings. The zero-order valence-corrected chi connectivity index (χ0v) is 14.9. The molecule has 0 aromatic carbocycles. The number of aromatic nitrogens is 3. The fourth-order valence-corrected chi connectivity index (χ4v) is 3.90. The maximum atomic E-state index is 12.3. The molecule has 0 bridgehead atoms. The summed E-state index contributed by atoms with van der Waals surface area (Å²) in [7, 11) is 0. The van der Waals surface area contributed by atoms with Crippen LogP contribution in [0.1, 0.15) is 41.2 Å². The fraction of sp³-hybridized carbons (Fsp3) is 0.556. The van der Waals surface area contributed by atoms with Crippen LogP contribution in [0.25, 0.3) is 0 Å². The molecule has 2 atom stereocenters. The quantitative estimate of drug-likeness (QED) is 0.882. The molecule has 2 aromatic heterocycles. The van der Waals surface area contributed by atoms with Crippen molar-refractivity contribution in [3.8, 4) is 0 Å². The van der Waals surface area contributed by atoms with Crippen LogP contribution in [0.5, 0.6) is 0 Å². The van der Waals surface area contributed by atoms with Gasteiger partial charge in [0.05, 0.1) is 17.5 Å². The molecule has 4 heterocycles. The predicted octanol–water partition coefficient (Wildman–Crippen LogP) is 1.33. The van der Waals surface area contributed by atoms with Gasteiger partial charge >= 0.3 is 0 Å². The molecule has 0 radical (unpaired) electrons. The van der Waals surface area contributed by atoms with E-state index in [1.165, 1.54) is 12.4 Å². The first-order valence-corrected chi connectivity index (χ1v) is 8.97. The third-order valence-corrected chi connectivity index (χ3v) is 5.08. The number of nitrogens with zero attached hydrogens (tertiary/aromatic N) is 4. The van der Waals surface area contributed by atoms with Crippen LogP contribution in [-0.2, 0) is 11.3 Å². The van der Waals surface area contributed by atoms with E-state index in [1.54, 1.807) is 6.20 Å². The average Bonchev–Trinajstić information content (AvgIpc) is 3.22. The molecule has 0 unspecified atom stereocenters. The van der Waals surface area contributed by atoms with E-state index < -0.39 is 0 Å². The minimum atomic E-state index is -0.197. The van der Waals surface area contributed by atoms with E-state index in [1.807, 2.05) is 13.0 Å². The van der Waals surface area contributed by atoms with Gasteiger partial charge in [-0.05, 0) is 26.2 Å². The molecular formula is C18H23N5O3. The third-order valence-electron chi connectivity index (χ3n) is 5.08. The Bertz CT molecular complexity index is 765. The van der Waals surface area contributed by atoms with Gasteiger partial charge in [0.25, 0.3) is 5.91 Å². The number of amides is 1. The third kappa shape index (κ3) is 3.76. The SMILES string of the molecule is Cc1cc(CN2CC[C@]3(C[C@@H](NC(=O)c4cnccn4)CCO3)C2)no1. The number of rotatable bonds is 4. The zero-order valence-electron chi connectivity index (χ0n) is 14.9. The smallest absolute Gasteiger partial charge is 0.271 e. The molecule has 0 aliphatic carbocycles. The van der Waals surface area contributed by atoms with Crippen LogP contribution in [0.3, 0.4) is 0 Å². The van der Waals surface area contributed by atoms with E-state index in [0.717, 1.165) is 50.4 Å². The second-order valence-electron chi connectivity index (χ2n) is 7.17. The lowest BCUT2D eigenvalue weighted by Crippen LogP contribution is -2.50. The Morgan fingerprint density at radius 2 is 2.38 bits per heavy atom. The summed E-state index contributed by atoms with van der Waals surface area (Å²) in [4.78, 5) is 22.7. The summed E-state index contributed by atoms with van der Waals surface area (Å²) in [6.07, 6.45) is 7.16. The second-order valence-corrected chi connectivity index (χ2v) is 7.17. The normalized spacial score (nSPS) is 26.3. The minimum absolute atomic E-state index is 0.0903. The van der Waals surface area contributed by atoms with Gasteiger partial charge in [-0.3, -0.25) is 14.7 Å². The highest BCUT2D eigenvalue weighted by atomic mass is 16.5. The van der Waals surface area contributed by atoms with Gasteiger partial charge in [-0.25, -0.2) is 4.98 Å². The van der Waals surface area contributed by atoms with Crippen molar-refractivity contribution in [2.24, 2.45) is 0 Å². The summed E-state index contributed by atoms with van der Waals surface area (Å²) in [5, 5.41) is 7.16. The van der Waals surface area contributed by atoms with E-state index in [4.69, 9.17) is 9.26 Å². The summed E-state index contributed by atoms with van der Waals surface area (Å²) in [5.41, 5.74) is 1.10. The topological polar surface area (TPSA) is 93.4 Å². The maximum Gasteiger partial charge on any atom is 0.271 e. The fourth-order valence-electron chi connectivity index (χ4n) is 3.90. The molecule has 1 N–H and O–H groups in total. The zero-order chi connectivity index (χ0) is 18.0. The Labute approximate surface area is 151 Å². The summed E-state index contributed by atoms with van der Waals surface area (Å²) in [6.45, 7) is 5.12. The van der Waals surface area contributed by atoms with Crippen molar-refractivity contribution in [1.82, 2.24) is 25.3 Å². The molecule has 1 spiro atoms. The van der Waals surface area contributed by atoms with Gasteiger partial charge in [0.2, 0.25) is 0 Å². The van der Waals surface area contributed by atoms with Crippen molar-refractivity contribution in [2.75, 3.05) is 19.7 Å². The number of aryl methyl sites for hydroxylation is 1. The Hall–Kier alpha value is -2.32. The van der Waals surface area contributed by atoms with Gasteiger partial charge in [-0.15, -0.1) is 0 Å². The summed E-state index contributed by atoms with van der Waals surface area (Å²) >= 11 is 0. The lowest BCUT2D eigenvalue weighted by molar-refractivity contribution is -0.0793. The van der Waals surface area contributed by atoms with Gasteiger partial charge in [0.15, 0.2) is 0 Å². The van der Waals surface area contributed by atoms with E-state index in [0.29, 0.717) is 12.3 Å². The minimum Gasteiger partial charge on any atom is -0.373 e. The Balaban J connectivity index is 1.35. The van der Waals surface area contributed by atoms with Crippen molar-refractivity contribution in [1.29, 1.82) is 0 Å². The van der Waals surface area contributed by atoms with E-state index in [9.17, 15) is 4.79 Å². The number of ether oxygens (including phenoxy) is 1. The van der Waals surface area contributed by atoms with Crippen molar-refractivity contribution in [3.05, 3.63) is 41.8 Å². The van der Waals surface area contributed by atoms with Gasteiger partial charge < -0.3 is 14.6 Å². The van der Waals surface area contributed by atoms with Crippen LogP contribution in [-0.4, -0.2) is 57.3 Å². The largest absolute Gasteiger partial charge is 0.373 e. The van der Waals surface area contributed by atoms with Crippen LogP contribution in [0.15, 0.2) is 29.2 Å². The lowest BCUT2D eigenvalue weighted by Gasteiger charge is -2.38. The van der Waals surface area contributed by atoms with Crippen LogP contribution >= 0.6 is 0 Å². The second kappa shape index (κ2) is 7.13. The van der Waals surface area contributed by atoms with E-state index in [2.05, 4.69) is 25.3 Å². The van der Waals surface area contributed by atoms with E-state index in [-0.39, 0.29) is 17.6 Å². The number of nitrogens with one attached hydrogen (secondary N) is 1. The highest BCUT2D eigenvalue weighted by Gasteiger charge is 2.43. The van der Waals surface area contributed by atoms with Crippen LogP contribution in [0, 0.1) is 6.92 Å². The van der Waals surface area contributed by atoms with Gasteiger partial charge in [-0.1, -0.05) is 5.16 Å². The molecule has 4 rings (SSSR count). The number of hydrogen-bond acceptors (Lipinski definition) is 7. The Morgan fingerprint density at radius 1 is 1.46 bits per heavy atom. The molecule has 26 heavy (non-hydrogen) atoms. The van der Waals surface area contributed by atoms with Crippen LogP contribution in [0.4, 0.5) is 0 Å². The molecule has 2 aliphatic heterocycles.